The van der Waals surface area contributed by atoms with Crippen LogP contribution in [0.5, 0.6) is 0 Å². The number of benzene rings is 1. The van der Waals surface area contributed by atoms with Crippen molar-refractivity contribution in [1.82, 2.24) is 14.5 Å². The fourth-order valence-corrected chi connectivity index (χ4v) is 2.28. The molecule has 2 aromatic heterocycles. The van der Waals surface area contributed by atoms with Crippen molar-refractivity contribution in [1.29, 1.82) is 0 Å². The Morgan fingerprint density at radius 2 is 1.91 bits per heavy atom. The first-order valence-corrected chi connectivity index (χ1v) is 6.52. The van der Waals surface area contributed by atoms with Crippen LogP contribution in [0, 0.1) is 5.82 Å². The van der Waals surface area contributed by atoms with Gasteiger partial charge in [-0.05, 0) is 30.3 Å². The fraction of sp³-hybridized carbons (Fsp3) is 0.0667. The first-order chi connectivity index (χ1) is 10.9. The van der Waals surface area contributed by atoms with Crippen LogP contribution in [0.2, 0.25) is 0 Å². The molecule has 0 amide bonds. The molecule has 0 spiro atoms. The number of carbonyl (C=O) groups is 1. The van der Waals surface area contributed by atoms with Crippen molar-refractivity contribution in [2.45, 2.75) is 0 Å². The number of carboxylic acid groups (broad SMARTS) is 1. The van der Waals surface area contributed by atoms with Crippen molar-refractivity contribution in [3.63, 3.8) is 0 Å². The number of H-pyrrole nitrogens is 1. The van der Waals surface area contributed by atoms with Crippen molar-refractivity contribution in [3.05, 3.63) is 62.6 Å². The number of aryl methyl sites for hydroxylation is 1. The zero-order valence-corrected chi connectivity index (χ0v) is 11.8. The molecule has 3 rings (SSSR count). The third-order valence-electron chi connectivity index (χ3n) is 3.44. The molecular formula is C15H10FN3O4. The molecule has 3 aromatic rings. The van der Waals surface area contributed by atoms with Crippen LogP contribution in [0.3, 0.4) is 0 Å². The summed E-state index contributed by atoms with van der Waals surface area (Å²) >= 11 is 0. The molecule has 1 aromatic carbocycles. The normalized spacial score (nSPS) is 10.9. The van der Waals surface area contributed by atoms with Crippen LogP contribution in [0.25, 0.3) is 22.3 Å². The van der Waals surface area contributed by atoms with E-state index in [0.29, 0.717) is 5.56 Å². The standard InChI is InChI=1S/C15H10FN3O4/c1-19-12-11(13(20)18-15(19)23)9(14(21)22)6-10(17-12)7-2-4-8(16)5-3-7/h2-6H,1H3,(H,21,22)(H,18,20,23). The number of hydrogen-bond acceptors (Lipinski definition) is 4. The van der Waals surface area contributed by atoms with E-state index in [2.05, 4.69) is 4.98 Å². The minimum atomic E-state index is -1.33. The Morgan fingerprint density at radius 1 is 1.26 bits per heavy atom. The molecule has 116 valence electrons. The van der Waals surface area contributed by atoms with E-state index >= 15 is 0 Å². The van der Waals surface area contributed by atoms with E-state index in [4.69, 9.17) is 0 Å². The molecular weight excluding hydrogens is 305 g/mol. The largest absolute Gasteiger partial charge is 0.478 e. The minimum Gasteiger partial charge on any atom is -0.478 e. The van der Waals surface area contributed by atoms with E-state index < -0.39 is 23.0 Å². The molecule has 0 saturated heterocycles. The molecule has 2 N–H and O–H groups in total. The number of nitrogens with zero attached hydrogens (tertiary/aromatic N) is 2. The molecule has 0 aliphatic carbocycles. The van der Waals surface area contributed by atoms with Crippen LogP contribution in [0.4, 0.5) is 4.39 Å². The molecule has 23 heavy (non-hydrogen) atoms. The summed E-state index contributed by atoms with van der Waals surface area (Å²) in [6.45, 7) is 0. The van der Waals surface area contributed by atoms with E-state index in [1.165, 1.54) is 37.4 Å². The average Bonchev–Trinajstić information content (AvgIpc) is 2.52. The quantitative estimate of drug-likeness (QED) is 0.737. The third kappa shape index (κ3) is 2.39. The molecule has 0 radical (unpaired) electrons. The van der Waals surface area contributed by atoms with Crippen LogP contribution in [-0.4, -0.2) is 25.6 Å². The minimum absolute atomic E-state index is 0.0574. The Kier molecular flexibility index (Phi) is 3.29. The van der Waals surface area contributed by atoms with Gasteiger partial charge in [0.15, 0.2) is 5.65 Å². The van der Waals surface area contributed by atoms with Gasteiger partial charge in [-0.3, -0.25) is 14.3 Å². The summed E-state index contributed by atoms with van der Waals surface area (Å²) in [5.41, 5.74) is -1.19. The molecule has 0 fully saturated rings. The van der Waals surface area contributed by atoms with Crippen LogP contribution >= 0.6 is 0 Å². The van der Waals surface area contributed by atoms with Gasteiger partial charge in [0.05, 0.1) is 16.6 Å². The Hall–Kier alpha value is -3.29. The highest BCUT2D eigenvalue weighted by Gasteiger charge is 2.18. The maximum Gasteiger partial charge on any atom is 0.336 e. The van der Waals surface area contributed by atoms with Crippen molar-refractivity contribution >= 4 is 17.0 Å². The lowest BCUT2D eigenvalue weighted by Gasteiger charge is -2.09. The van der Waals surface area contributed by atoms with Gasteiger partial charge in [0.25, 0.3) is 5.56 Å². The topological polar surface area (TPSA) is 105 Å². The maximum absolute atomic E-state index is 13.0. The van der Waals surface area contributed by atoms with Crippen LogP contribution in [0.15, 0.2) is 39.9 Å². The summed E-state index contributed by atoms with van der Waals surface area (Å²) in [5, 5.41) is 9.17. The van der Waals surface area contributed by atoms with Gasteiger partial charge in [0, 0.05) is 12.6 Å². The second-order valence-corrected chi connectivity index (χ2v) is 4.88. The highest BCUT2D eigenvalue weighted by Crippen LogP contribution is 2.22. The van der Waals surface area contributed by atoms with Crippen molar-refractivity contribution in [3.8, 4) is 11.3 Å². The molecule has 8 heteroatoms. The first kappa shape index (κ1) is 14.6. The van der Waals surface area contributed by atoms with E-state index in [0.717, 1.165) is 4.57 Å². The Bertz CT molecular complexity index is 1050. The smallest absolute Gasteiger partial charge is 0.336 e. The van der Waals surface area contributed by atoms with Gasteiger partial charge in [-0.25, -0.2) is 19.0 Å². The summed E-state index contributed by atoms with van der Waals surface area (Å²) in [4.78, 5) is 41.4. The molecule has 2 heterocycles. The molecule has 0 unspecified atom stereocenters. The summed E-state index contributed by atoms with van der Waals surface area (Å²) in [6, 6.07) is 6.50. The highest BCUT2D eigenvalue weighted by molar-refractivity contribution is 6.02. The number of halogens is 1. The lowest BCUT2D eigenvalue weighted by atomic mass is 10.1. The lowest BCUT2D eigenvalue weighted by molar-refractivity contribution is 0.0699. The number of fused-ring (bicyclic) bond motifs is 1. The predicted octanol–water partition coefficient (Wildman–Crippen LogP) is 1.13. The van der Waals surface area contributed by atoms with Gasteiger partial charge in [-0.2, -0.15) is 0 Å². The van der Waals surface area contributed by atoms with Gasteiger partial charge in [-0.1, -0.05) is 0 Å². The zero-order chi connectivity index (χ0) is 16.7. The number of aromatic amines is 1. The van der Waals surface area contributed by atoms with E-state index in [9.17, 15) is 23.9 Å². The second-order valence-electron chi connectivity index (χ2n) is 4.88. The van der Waals surface area contributed by atoms with Gasteiger partial charge in [0.2, 0.25) is 0 Å². The number of aromatic carboxylic acids is 1. The maximum atomic E-state index is 13.0. The SMILES string of the molecule is Cn1c(=O)[nH]c(=O)c2c(C(=O)O)cc(-c3ccc(F)cc3)nc21. The van der Waals surface area contributed by atoms with Gasteiger partial charge >= 0.3 is 11.7 Å². The van der Waals surface area contributed by atoms with Gasteiger partial charge in [-0.15, -0.1) is 0 Å². The number of rotatable bonds is 2. The van der Waals surface area contributed by atoms with E-state index in [1.54, 1.807) is 0 Å². The van der Waals surface area contributed by atoms with Crippen LogP contribution in [-0.2, 0) is 7.05 Å². The van der Waals surface area contributed by atoms with Crippen LogP contribution in [0.1, 0.15) is 10.4 Å². The fourth-order valence-electron chi connectivity index (χ4n) is 2.28. The van der Waals surface area contributed by atoms with Gasteiger partial charge < -0.3 is 5.11 Å². The molecule has 0 aliphatic heterocycles. The van der Waals surface area contributed by atoms with Crippen molar-refractivity contribution in [2.24, 2.45) is 7.05 Å². The van der Waals surface area contributed by atoms with E-state index in [-0.39, 0.29) is 22.3 Å². The number of aromatic nitrogens is 3. The predicted molar refractivity (Wildman–Crippen MR) is 80.0 cm³/mol. The molecule has 0 bridgehead atoms. The molecule has 0 aliphatic rings. The second kappa shape index (κ2) is 5.16. The zero-order valence-electron chi connectivity index (χ0n) is 11.8. The molecule has 7 nitrogen and oxygen atoms in total. The third-order valence-corrected chi connectivity index (χ3v) is 3.44. The lowest BCUT2D eigenvalue weighted by Crippen LogP contribution is -2.30. The number of carboxylic acids is 1. The summed E-state index contributed by atoms with van der Waals surface area (Å²) < 4.78 is 14.1. The van der Waals surface area contributed by atoms with Gasteiger partial charge in [0.1, 0.15) is 5.82 Å². The summed E-state index contributed by atoms with van der Waals surface area (Å²) in [5.74, 6) is -1.78. The Labute approximate surface area is 127 Å². The first-order valence-electron chi connectivity index (χ1n) is 6.52. The monoisotopic (exact) mass is 315 g/mol. The molecule has 0 atom stereocenters. The van der Waals surface area contributed by atoms with Crippen molar-refractivity contribution < 1.29 is 14.3 Å². The number of pyridine rings is 1. The number of nitrogens with one attached hydrogen (secondary N) is 1. The summed E-state index contributed by atoms with van der Waals surface area (Å²) in [6.07, 6.45) is 0. The number of hydrogen-bond donors (Lipinski definition) is 2. The Balaban J connectivity index is 2.45. The van der Waals surface area contributed by atoms with E-state index in [1.807, 2.05) is 4.98 Å². The molecule has 0 saturated carbocycles. The average molecular weight is 315 g/mol. The highest BCUT2D eigenvalue weighted by atomic mass is 19.1. The van der Waals surface area contributed by atoms with Crippen molar-refractivity contribution in [2.75, 3.05) is 0 Å². The Morgan fingerprint density at radius 3 is 2.52 bits per heavy atom. The van der Waals surface area contributed by atoms with Crippen LogP contribution < -0.4 is 11.2 Å². The summed E-state index contributed by atoms with van der Waals surface area (Å²) in [7, 11) is 1.37.